The number of benzene rings is 1. The van der Waals surface area contributed by atoms with Crippen LogP contribution in [0, 0.1) is 5.92 Å². The van der Waals surface area contributed by atoms with E-state index in [1.54, 1.807) is 0 Å². The molecule has 6 nitrogen and oxygen atoms in total. The summed E-state index contributed by atoms with van der Waals surface area (Å²) < 4.78 is 11.3. The van der Waals surface area contributed by atoms with Crippen molar-refractivity contribution in [1.29, 1.82) is 0 Å². The van der Waals surface area contributed by atoms with E-state index in [4.69, 9.17) is 14.5 Å². The molecule has 152 valence electrons. The highest BCUT2D eigenvalue weighted by molar-refractivity contribution is 14.0. The fourth-order valence-corrected chi connectivity index (χ4v) is 3.04. The molecule has 0 amide bonds. The molecule has 2 atom stereocenters. The molecule has 1 aromatic carbocycles. The van der Waals surface area contributed by atoms with Gasteiger partial charge in [0.1, 0.15) is 12.4 Å². The fraction of sp³-hybridized carbons (Fsp3) is 0.650. The van der Waals surface area contributed by atoms with Crippen molar-refractivity contribution in [2.75, 3.05) is 46.0 Å². The highest BCUT2D eigenvalue weighted by Gasteiger charge is 2.33. The van der Waals surface area contributed by atoms with Gasteiger partial charge in [0.05, 0.1) is 19.8 Å². The lowest BCUT2D eigenvalue weighted by molar-refractivity contribution is 0.0322. The molecule has 0 spiro atoms. The maximum absolute atomic E-state index is 5.93. The van der Waals surface area contributed by atoms with Crippen LogP contribution < -0.4 is 15.4 Å². The minimum absolute atomic E-state index is 0. The van der Waals surface area contributed by atoms with E-state index in [0.717, 1.165) is 62.6 Å². The summed E-state index contributed by atoms with van der Waals surface area (Å²) in [5.74, 6) is 2.57. The topological polar surface area (TPSA) is 58.1 Å². The zero-order valence-electron chi connectivity index (χ0n) is 16.4. The molecule has 0 bridgehead atoms. The second-order valence-electron chi connectivity index (χ2n) is 7.11. The zero-order valence-corrected chi connectivity index (χ0v) is 18.8. The lowest BCUT2D eigenvalue weighted by atomic mass is 10.2. The Morgan fingerprint density at radius 2 is 2.11 bits per heavy atom. The highest BCUT2D eigenvalue weighted by atomic mass is 127. The standard InChI is InChI=1S/C20H32N4O2.HI/c1-3-21-20(23-19-13-16(19)2)22-15-17-5-4-6-18(14-17)26-12-9-24-7-10-25-11-8-24;/h4-6,14,16,19H,3,7-13,15H2,1-2H3,(H2,21,22,23);1H. The summed E-state index contributed by atoms with van der Waals surface area (Å²) in [7, 11) is 0. The third kappa shape index (κ3) is 7.83. The Morgan fingerprint density at radius 1 is 1.33 bits per heavy atom. The predicted molar refractivity (Wildman–Crippen MR) is 120 cm³/mol. The first-order valence-electron chi connectivity index (χ1n) is 9.81. The van der Waals surface area contributed by atoms with Gasteiger partial charge in [0, 0.05) is 32.2 Å². The van der Waals surface area contributed by atoms with E-state index in [0.29, 0.717) is 19.2 Å². The van der Waals surface area contributed by atoms with Crippen LogP contribution in [0.1, 0.15) is 25.8 Å². The van der Waals surface area contributed by atoms with Crippen molar-refractivity contribution in [3.05, 3.63) is 29.8 Å². The van der Waals surface area contributed by atoms with Crippen LogP contribution >= 0.6 is 24.0 Å². The van der Waals surface area contributed by atoms with E-state index >= 15 is 0 Å². The number of guanidine groups is 1. The summed E-state index contributed by atoms with van der Waals surface area (Å²) in [6.45, 7) is 11.2. The van der Waals surface area contributed by atoms with Crippen molar-refractivity contribution in [1.82, 2.24) is 15.5 Å². The minimum atomic E-state index is 0. The number of nitrogens with one attached hydrogen (secondary N) is 2. The van der Waals surface area contributed by atoms with Crippen molar-refractivity contribution in [3.8, 4) is 5.75 Å². The van der Waals surface area contributed by atoms with E-state index in [9.17, 15) is 0 Å². The highest BCUT2D eigenvalue weighted by Crippen LogP contribution is 2.28. The van der Waals surface area contributed by atoms with E-state index in [1.807, 2.05) is 12.1 Å². The molecular weight excluding hydrogens is 455 g/mol. The van der Waals surface area contributed by atoms with Crippen LogP contribution in [0.4, 0.5) is 0 Å². The Balaban J connectivity index is 0.00000261. The lowest BCUT2D eigenvalue weighted by Gasteiger charge is -2.26. The van der Waals surface area contributed by atoms with Gasteiger partial charge >= 0.3 is 0 Å². The molecular formula is C20H33IN4O2. The summed E-state index contributed by atoms with van der Waals surface area (Å²) >= 11 is 0. The number of hydrogen-bond donors (Lipinski definition) is 2. The van der Waals surface area contributed by atoms with Crippen LogP contribution in [0.25, 0.3) is 0 Å². The number of ether oxygens (including phenoxy) is 2. The van der Waals surface area contributed by atoms with Crippen molar-refractivity contribution in [3.63, 3.8) is 0 Å². The van der Waals surface area contributed by atoms with Crippen molar-refractivity contribution >= 4 is 29.9 Å². The largest absolute Gasteiger partial charge is 0.492 e. The van der Waals surface area contributed by atoms with Crippen molar-refractivity contribution in [2.24, 2.45) is 10.9 Å². The predicted octanol–water partition coefficient (Wildman–Crippen LogP) is 2.48. The number of morpholine rings is 1. The molecule has 2 fully saturated rings. The molecule has 7 heteroatoms. The van der Waals surface area contributed by atoms with Gasteiger partial charge < -0.3 is 20.1 Å². The summed E-state index contributed by atoms with van der Waals surface area (Å²) in [5.41, 5.74) is 1.16. The maximum Gasteiger partial charge on any atom is 0.191 e. The Morgan fingerprint density at radius 3 is 2.81 bits per heavy atom. The van der Waals surface area contributed by atoms with Crippen LogP contribution in [-0.4, -0.2) is 62.9 Å². The molecule has 2 aliphatic rings. The number of nitrogens with zero attached hydrogens (tertiary/aromatic N) is 2. The summed E-state index contributed by atoms with van der Waals surface area (Å²) in [6.07, 6.45) is 1.23. The molecule has 27 heavy (non-hydrogen) atoms. The first-order valence-corrected chi connectivity index (χ1v) is 9.81. The van der Waals surface area contributed by atoms with Gasteiger partial charge in [-0.2, -0.15) is 0 Å². The van der Waals surface area contributed by atoms with Crippen LogP contribution in [0.5, 0.6) is 5.75 Å². The van der Waals surface area contributed by atoms with Gasteiger partial charge in [-0.15, -0.1) is 24.0 Å². The summed E-state index contributed by atoms with van der Waals surface area (Å²) in [5, 5.41) is 6.81. The Hall–Kier alpha value is -1.06. The summed E-state index contributed by atoms with van der Waals surface area (Å²) in [6, 6.07) is 8.82. The molecule has 1 aromatic rings. The monoisotopic (exact) mass is 488 g/mol. The third-order valence-corrected chi connectivity index (χ3v) is 4.87. The molecule has 0 aromatic heterocycles. The van der Waals surface area contributed by atoms with Crippen LogP contribution in [0.15, 0.2) is 29.3 Å². The Bertz CT molecular complexity index is 593. The van der Waals surface area contributed by atoms with E-state index < -0.39 is 0 Å². The molecule has 1 saturated carbocycles. The van der Waals surface area contributed by atoms with Gasteiger partial charge in [-0.05, 0) is 37.0 Å². The summed E-state index contributed by atoms with van der Waals surface area (Å²) in [4.78, 5) is 7.09. The van der Waals surface area contributed by atoms with Gasteiger partial charge in [-0.3, -0.25) is 4.90 Å². The smallest absolute Gasteiger partial charge is 0.191 e. The second-order valence-corrected chi connectivity index (χ2v) is 7.11. The molecule has 3 rings (SSSR count). The first kappa shape index (κ1) is 22.2. The average molecular weight is 488 g/mol. The van der Waals surface area contributed by atoms with Gasteiger partial charge in [0.15, 0.2) is 5.96 Å². The zero-order chi connectivity index (χ0) is 18.2. The van der Waals surface area contributed by atoms with Crippen molar-refractivity contribution < 1.29 is 9.47 Å². The number of rotatable bonds is 8. The normalized spacial score (nSPS) is 22.7. The molecule has 2 unspecified atom stereocenters. The quantitative estimate of drug-likeness (QED) is 0.335. The molecule has 1 aliphatic carbocycles. The average Bonchev–Trinajstić information content (AvgIpc) is 3.36. The molecule has 1 saturated heterocycles. The fourth-order valence-electron chi connectivity index (χ4n) is 3.04. The van der Waals surface area contributed by atoms with Gasteiger partial charge in [0.2, 0.25) is 0 Å². The van der Waals surface area contributed by atoms with E-state index in [2.05, 4.69) is 41.5 Å². The SMILES string of the molecule is CCNC(=NCc1cccc(OCCN2CCOCC2)c1)NC1CC1C.I. The van der Waals surface area contributed by atoms with E-state index in [-0.39, 0.29) is 24.0 Å². The number of aliphatic imine (C=N–C) groups is 1. The van der Waals surface area contributed by atoms with Crippen molar-refractivity contribution in [2.45, 2.75) is 32.9 Å². The molecule has 1 heterocycles. The van der Waals surface area contributed by atoms with Gasteiger partial charge in [0.25, 0.3) is 0 Å². The Labute approximate surface area is 180 Å². The number of halogens is 1. The van der Waals surface area contributed by atoms with Crippen LogP contribution in [0.2, 0.25) is 0 Å². The maximum atomic E-state index is 5.93. The van der Waals surface area contributed by atoms with Gasteiger partial charge in [-0.1, -0.05) is 19.1 Å². The molecule has 2 N–H and O–H groups in total. The second kappa shape index (κ2) is 11.7. The van der Waals surface area contributed by atoms with Crippen LogP contribution in [-0.2, 0) is 11.3 Å². The minimum Gasteiger partial charge on any atom is -0.492 e. The Kier molecular flexibility index (Phi) is 9.64. The number of hydrogen-bond acceptors (Lipinski definition) is 4. The third-order valence-electron chi connectivity index (χ3n) is 4.87. The van der Waals surface area contributed by atoms with Crippen LogP contribution in [0.3, 0.4) is 0 Å². The van der Waals surface area contributed by atoms with E-state index in [1.165, 1.54) is 6.42 Å². The molecule has 0 radical (unpaired) electrons. The lowest BCUT2D eigenvalue weighted by Crippen LogP contribution is -2.39. The first-order chi connectivity index (χ1) is 12.7. The molecule has 1 aliphatic heterocycles. The van der Waals surface area contributed by atoms with Gasteiger partial charge in [-0.25, -0.2) is 4.99 Å².